The molecular weight excluding hydrogens is 364 g/mol. The third-order valence-corrected chi connectivity index (χ3v) is 5.96. The van der Waals surface area contributed by atoms with Gasteiger partial charge in [0.2, 0.25) is 11.0 Å². The van der Waals surface area contributed by atoms with Crippen LogP contribution in [0.25, 0.3) is 0 Å². The first-order chi connectivity index (χ1) is 12.5. The third-order valence-electron chi connectivity index (χ3n) is 4.00. The number of hydrogen-bond donors (Lipinski definition) is 1. The molecule has 5 nitrogen and oxygen atoms in total. The van der Waals surface area contributed by atoms with E-state index in [0.29, 0.717) is 5.75 Å². The van der Waals surface area contributed by atoms with Crippen LogP contribution in [0.4, 0.5) is 16.5 Å². The van der Waals surface area contributed by atoms with E-state index in [4.69, 9.17) is 0 Å². The summed E-state index contributed by atoms with van der Waals surface area (Å²) in [6.07, 6.45) is 0. The number of amides is 1. The summed E-state index contributed by atoms with van der Waals surface area (Å²) in [6.45, 7) is 4.17. The number of nitrogens with one attached hydrogen (secondary N) is 1. The van der Waals surface area contributed by atoms with Crippen LogP contribution in [0.2, 0.25) is 0 Å². The Balaban J connectivity index is 1.56. The molecule has 0 radical (unpaired) electrons. The fourth-order valence-corrected chi connectivity index (χ4v) is 3.96. The first kappa shape index (κ1) is 18.4. The van der Waals surface area contributed by atoms with Crippen molar-refractivity contribution >= 4 is 45.5 Å². The number of rotatable bonds is 6. The van der Waals surface area contributed by atoms with Gasteiger partial charge in [0.25, 0.3) is 0 Å². The van der Waals surface area contributed by atoms with Crippen molar-refractivity contribution in [1.29, 1.82) is 0 Å². The van der Waals surface area contributed by atoms with E-state index in [1.54, 1.807) is 11.9 Å². The topological polar surface area (TPSA) is 58.1 Å². The van der Waals surface area contributed by atoms with Gasteiger partial charge in [0.15, 0.2) is 4.34 Å². The lowest BCUT2D eigenvalue weighted by Gasteiger charge is -2.16. The Bertz CT molecular complexity index is 896. The zero-order valence-corrected chi connectivity index (χ0v) is 16.5. The predicted molar refractivity (Wildman–Crippen MR) is 110 cm³/mol. The molecule has 0 aliphatic heterocycles. The summed E-state index contributed by atoms with van der Waals surface area (Å²) in [4.78, 5) is 14.0. The summed E-state index contributed by atoms with van der Waals surface area (Å²) in [5.41, 5.74) is 4.35. The maximum atomic E-state index is 12.3. The number of nitrogens with zero attached hydrogens (tertiary/aromatic N) is 3. The number of para-hydroxylation sites is 1. The van der Waals surface area contributed by atoms with Gasteiger partial charge in [-0.25, -0.2) is 0 Å². The Morgan fingerprint density at radius 2 is 1.88 bits per heavy atom. The lowest BCUT2D eigenvalue weighted by molar-refractivity contribution is -0.115. The summed E-state index contributed by atoms with van der Waals surface area (Å²) in [5, 5.41) is 12.3. The van der Waals surface area contributed by atoms with Gasteiger partial charge in [-0.05, 0) is 49.2 Å². The van der Waals surface area contributed by atoms with Gasteiger partial charge >= 0.3 is 0 Å². The van der Waals surface area contributed by atoms with Gasteiger partial charge in [-0.2, -0.15) is 0 Å². The van der Waals surface area contributed by atoms with Gasteiger partial charge in [-0.1, -0.05) is 47.4 Å². The number of benzene rings is 2. The van der Waals surface area contributed by atoms with Gasteiger partial charge in [0.1, 0.15) is 0 Å². The van der Waals surface area contributed by atoms with Crippen LogP contribution < -0.4 is 10.2 Å². The maximum absolute atomic E-state index is 12.3. The number of aryl methyl sites for hydroxylation is 2. The Morgan fingerprint density at radius 3 is 2.62 bits per heavy atom. The fourth-order valence-electron chi connectivity index (χ4n) is 2.28. The third kappa shape index (κ3) is 4.62. The minimum atomic E-state index is 0.0278. The van der Waals surface area contributed by atoms with Crippen molar-refractivity contribution in [2.75, 3.05) is 23.0 Å². The molecular formula is C19H20N4OS2. The molecule has 0 saturated heterocycles. The van der Waals surface area contributed by atoms with Gasteiger partial charge in [-0.3, -0.25) is 4.79 Å². The van der Waals surface area contributed by atoms with E-state index in [1.807, 2.05) is 36.4 Å². The molecule has 26 heavy (non-hydrogen) atoms. The molecule has 2 aromatic carbocycles. The van der Waals surface area contributed by atoms with Crippen molar-refractivity contribution in [2.24, 2.45) is 0 Å². The van der Waals surface area contributed by atoms with Crippen LogP contribution in [-0.4, -0.2) is 28.9 Å². The summed E-state index contributed by atoms with van der Waals surface area (Å²) in [5.74, 6) is 0.351. The fraction of sp³-hybridized carbons (Fsp3) is 0.211. The molecule has 0 spiro atoms. The highest BCUT2D eigenvalue weighted by Gasteiger charge is 2.13. The lowest BCUT2D eigenvalue weighted by atomic mass is 10.1. The first-order valence-electron chi connectivity index (χ1n) is 8.15. The van der Waals surface area contributed by atoms with Gasteiger partial charge in [0, 0.05) is 18.4 Å². The molecule has 0 aliphatic rings. The van der Waals surface area contributed by atoms with E-state index in [9.17, 15) is 4.79 Å². The van der Waals surface area contributed by atoms with E-state index < -0.39 is 0 Å². The van der Waals surface area contributed by atoms with E-state index in [2.05, 4.69) is 41.5 Å². The summed E-state index contributed by atoms with van der Waals surface area (Å²) in [7, 11) is 1.78. The second-order valence-corrected chi connectivity index (χ2v) is 8.07. The number of anilines is 3. The van der Waals surface area contributed by atoms with E-state index in [-0.39, 0.29) is 5.91 Å². The first-order valence-corrected chi connectivity index (χ1v) is 9.95. The predicted octanol–water partition coefficient (Wildman–Crippen LogP) is 4.65. The van der Waals surface area contributed by atoms with Crippen molar-refractivity contribution in [3.8, 4) is 0 Å². The van der Waals surface area contributed by atoms with E-state index in [0.717, 1.165) is 20.8 Å². The average molecular weight is 385 g/mol. The lowest BCUT2D eigenvalue weighted by Crippen LogP contribution is -2.27. The van der Waals surface area contributed by atoms with Crippen LogP contribution in [0, 0.1) is 13.8 Å². The van der Waals surface area contributed by atoms with Crippen molar-refractivity contribution in [2.45, 2.75) is 18.2 Å². The smallest absolute Gasteiger partial charge is 0.237 e. The monoisotopic (exact) mass is 384 g/mol. The molecule has 0 aliphatic carbocycles. The van der Waals surface area contributed by atoms with Crippen LogP contribution >= 0.6 is 23.1 Å². The van der Waals surface area contributed by atoms with E-state index in [1.165, 1.54) is 34.2 Å². The molecule has 3 rings (SSSR count). The largest absolute Gasteiger partial charge is 0.330 e. The summed E-state index contributed by atoms with van der Waals surface area (Å²) >= 11 is 2.85. The van der Waals surface area contributed by atoms with Gasteiger partial charge in [0.05, 0.1) is 5.75 Å². The molecule has 1 aromatic heterocycles. The Kier molecular flexibility index (Phi) is 5.90. The minimum Gasteiger partial charge on any atom is -0.330 e. The second kappa shape index (κ2) is 8.33. The summed E-state index contributed by atoms with van der Waals surface area (Å²) in [6, 6.07) is 15.8. The number of aromatic nitrogens is 2. The Hall–Kier alpha value is -2.38. The van der Waals surface area contributed by atoms with E-state index >= 15 is 0 Å². The number of hydrogen-bond acceptors (Lipinski definition) is 6. The highest BCUT2D eigenvalue weighted by molar-refractivity contribution is 8.01. The van der Waals surface area contributed by atoms with Crippen LogP contribution in [0.15, 0.2) is 52.9 Å². The average Bonchev–Trinajstić information content (AvgIpc) is 3.10. The van der Waals surface area contributed by atoms with Crippen molar-refractivity contribution in [3.05, 3.63) is 59.7 Å². The van der Waals surface area contributed by atoms with Crippen LogP contribution in [-0.2, 0) is 4.79 Å². The molecule has 1 N–H and O–H groups in total. The number of carbonyl (C=O) groups is 1. The van der Waals surface area contributed by atoms with Crippen LogP contribution in [0.3, 0.4) is 0 Å². The molecule has 134 valence electrons. The molecule has 0 saturated carbocycles. The van der Waals surface area contributed by atoms with Crippen LogP contribution in [0.5, 0.6) is 0 Å². The van der Waals surface area contributed by atoms with Crippen LogP contribution in [0.1, 0.15) is 11.1 Å². The molecule has 1 heterocycles. The Labute approximate surface area is 161 Å². The highest BCUT2D eigenvalue weighted by atomic mass is 32.2. The van der Waals surface area contributed by atoms with Crippen molar-refractivity contribution in [1.82, 2.24) is 10.2 Å². The molecule has 7 heteroatoms. The molecule has 0 bridgehead atoms. The van der Waals surface area contributed by atoms with Gasteiger partial charge in [-0.15, -0.1) is 10.2 Å². The second-order valence-electron chi connectivity index (χ2n) is 5.87. The van der Waals surface area contributed by atoms with Crippen molar-refractivity contribution in [3.63, 3.8) is 0 Å². The number of carbonyl (C=O) groups excluding carboxylic acids is 1. The standard InChI is InChI=1S/C19H20N4OS2/c1-13-9-10-15(11-14(13)2)20-18-21-22-19(26-18)25-12-17(24)23(3)16-7-5-4-6-8-16/h4-11H,12H2,1-3H3,(H,20,21). The van der Waals surface area contributed by atoms with Gasteiger partial charge < -0.3 is 10.2 Å². The molecule has 3 aromatic rings. The number of thioether (sulfide) groups is 1. The van der Waals surface area contributed by atoms with Crippen molar-refractivity contribution < 1.29 is 4.79 Å². The minimum absolute atomic E-state index is 0.0278. The molecule has 0 fully saturated rings. The quantitative estimate of drug-likeness (QED) is 0.627. The zero-order chi connectivity index (χ0) is 18.5. The zero-order valence-electron chi connectivity index (χ0n) is 14.9. The molecule has 1 amide bonds. The highest BCUT2D eigenvalue weighted by Crippen LogP contribution is 2.28. The normalized spacial score (nSPS) is 10.6. The molecule has 0 unspecified atom stereocenters. The Morgan fingerprint density at radius 1 is 1.12 bits per heavy atom. The summed E-state index contributed by atoms with van der Waals surface area (Å²) < 4.78 is 0.770. The SMILES string of the molecule is Cc1ccc(Nc2nnc(SCC(=O)N(C)c3ccccc3)s2)cc1C. The maximum Gasteiger partial charge on any atom is 0.237 e. The molecule has 0 atom stereocenters.